The van der Waals surface area contributed by atoms with Gasteiger partial charge in [0.2, 0.25) is 0 Å². The Morgan fingerprint density at radius 3 is 2.17 bits per heavy atom. The highest BCUT2D eigenvalue weighted by Gasteiger charge is 2.16. The van der Waals surface area contributed by atoms with Gasteiger partial charge in [0.25, 0.3) is 21.8 Å². The maximum Gasteiger partial charge on any atom is 0.295 e. The third-order valence-electron chi connectivity index (χ3n) is 4.81. The Bertz CT molecular complexity index is 1280. The zero-order chi connectivity index (χ0) is 21.9. The molecule has 0 aliphatic heterocycles. The lowest BCUT2D eigenvalue weighted by atomic mass is 10.1. The Balaban J connectivity index is 0.000000172. The summed E-state index contributed by atoms with van der Waals surface area (Å²) in [6.45, 7) is 6.71. The minimum absolute atomic E-state index is 0.0730. The van der Waals surface area contributed by atoms with Crippen LogP contribution >= 0.6 is 0 Å². The first-order valence-electron chi connectivity index (χ1n) is 9.38. The van der Waals surface area contributed by atoms with Crippen molar-refractivity contribution >= 4 is 20.9 Å². The minimum Gasteiger partial charge on any atom is -0.289 e. The SMILES string of the molecule is Cc1ccc(Cn2nc(C)[n+](N)c2C)cc1.O=S(=O)(O)c1ccc2ccccc2c1. The average Bonchev–Trinajstić information content (AvgIpc) is 2.96. The van der Waals surface area contributed by atoms with E-state index in [4.69, 9.17) is 10.4 Å². The Kier molecular flexibility index (Phi) is 6.19. The molecule has 0 saturated heterocycles. The molecule has 4 aromatic rings. The van der Waals surface area contributed by atoms with E-state index in [0.29, 0.717) is 0 Å². The van der Waals surface area contributed by atoms with E-state index in [1.54, 1.807) is 16.8 Å². The number of rotatable bonds is 3. The summed E-state index contributed by atoms with van der Waals surface area (Å²) in [6, 6.07) is 20.3. The molecule has 0 radical (unpaired) electrons. The first kappa shape index (κ1) is 21.5. The van der Waals surface area contributed by atoms with Gasteiger partial charge >= 0.3 is 0 Å². The summed E-state index contributed by atoms with van der Waals surface area (Å²) in [6.07, 6.45) is 0. The molecule has 0 saturated carbocycles. The molecule has 0 spiro atoms. The Morgan fingerprint density at radius 1 is 0.967 bits per heavy atom. The number of nitrogens with zero attached hydrogens (tertiary/aromatic N) is 3. The van der Waals surface area contributed by atoms with Crippen LogP contribution in [-0.4, -0.2) is 22.8 Å². The molecule has 0 atom stereocenters. The smallest absolute Gasteiger partial charge is 0.289 e. The lowest BCUT2D eigenvalue weighted by Crippen LogP contribution is -2.48. The fraction of sp³-hybridized carbons (Fsp3) is 0.182. The van der Waals surface area contributed by atoms with Crippen molar-refractivity contribution in [2.24, 2.45) is 0 Å². The first-order valence-corrected chi connectivity index (χ1v) is 10.8. The average molecular weight is 426 g/mol. The van der Waals surface area contributed by atoms with Crippen molar-refractivity contribution in [2.75, 3.05) is 5.84 Å². The standard InChI is InChI=1S/C12H17N4.C10H8O3S/c1-9-4-6-12(7-5-9)8-15-11(3)16(13)10(2)14-15;11-14(12,13)10-6-5-8-3-1-2-4-9(8)7-10/h4-7H,8,13H2,1-3H3;1-7H,(H,11,12,13)/q+1;. The number of hydrogen-bond donors (Lipinski definition) is 2. The largest absolute Gasteiger partial charge is 0.295 e. The summed E-state index contributed by atoms with van der Waals surface area (Å²) < 4.78 is 34.0. The fourth-order valence-corrected chi connectivity index (χ4v) is 3.51. The number of benzene rings is 3. The number of aryl methyl sites for hydroxylation is 2. The lowest BCUT2D eigenvalue weighted by molar-refractivity contribution is -0.652. The van der Waals surface area contributed by atoms with Crippen molar-refractivity contribution in [1.29, 1.82) is 0 Å². The third-order valence-corrected chi connectivity index (χ3v) is 5.66. The van der Waals surface area contributed by atoms with Gasteiger partial charge in [0.15, 0.2) is 0 Å². The van der Waals surface area contributed by atoms with Crippen LogP contribution in [0.2, 0.25) is 0 Å². The van der Waals surface area contributed by atoms with E-state index in [9.17, 15) is 8.42 Å². The highest BCUT2D eigenvalue weighted by atomic mass is 32.2. The van der Waals surface area contributed by atoms with Gasteiger partial charge in [-0.3, -0.25) is 10.4 Å². The molecule has 156 valence electrons. The van der Waals surface area contributed by atoms with Crippen molar-refractivity contribution in [3.63, 3.8) is 0 Å². The zero-order valence-electron chi connectivity index (χ0n) is 17.1. The number of hydrogen-bond acceptors (Lipinski definition) is 4. The van der Waals surface area contributed by atoms with Crippen molar-refractivity contribution in [2.45, 2.75) is 32.2 Å². The van der Waals surface area contributed by atoms with Crippen LogP contribution in [0.15, 0.2) is 71.6 Å². The summed E-state index contributed by atoms with van der Waals surface area (Å²) in [7, 11) is -4.09. The van der Waals surface area contributed by atoms with Gasteiger partial charge in [-0.2, -0.15) is 8.42 Å². The van der Waals surface area contributed by atoms with Gasteiger partial charge in [-0.1, -0.05) is 60.2 Å². The fourth-order valence-electron chi connectivity index (χ4n) is 3.00. The number of nitrogen functional groups attached to an aromatic ring is 1. The van der Waals surface area contributed by atoms with E-state index in [0.717, 1.165) is 29.0 Å². The second-order valence-corrected chi connectivity index (χ2v) is 8.51. The first-order chi connectivity index (χ1) is 14.1. The molecule has 3 aromatic carbocycles. The van der Waals surface area contributed by atoms with Crippen molar-refractivity contribution in [3.8, 4) is 0 Å². The highest BCUT2D eigenvalue weighted by Crippen LogP contribution is 2.18. The molecule has 7 nitrogen and oxygen atoms in total. The van der Waals surface area contributed by atoms with Gasteiger partial charge in [-0.25, -0.2) is 0 Å². The molecule has 30 heavy (non-hydrogen) atoms. The Labute approximate surface area is 176 Å². The quantitative estimate of drug-likeness (QED) is 0.298. The van der Waals surface area contributed by atoms with Crippen LogP contribution in [0.4, 0.5) is 0 Å². The molecule has 0 amide bonds. The lowest BCUT2D eigenvalue weighted by Gasteiger charge is -1.99. The summed E-state index contributed by atoms with van der Waals surface area (Å²) in [5.41, 5.74) is 2.50. The van der Waals surface area contributed by atoms with Gasteiger partial charge < -0.3 is 0 Å². The highest BCUT2D eigenvalue weighted by molar-refractivity contribution is 7.85. The Hall–Kier alpha value is -3.23. The van der Waals surface area contributed by atoms with Gasteiger partial charge in [-0.15, -0.1) is 9.36 Å². The molecule has 0 unspecified atom stereocenters. The van der Waals surface area contributed by atoms with E-state index in [-0.39, 0.29) is 4.90 Å². The molecule has 0 bridgehead atoms. The third kappa shape index (κ3) is 5.03. The maximum absolute atomic E-state index is 10.8. The molecular weight excluding hydrogens is 400 g/mol. The second-order valence-electron chi connectivity index (χ2n) is 7.09. The van der Waals surface area contributed by atoms with E-state index in [1.807, 2.05) is 36.7 Å². The minimum atomic E-state index is -4.09. The predicted octanol–water partition coefficient (Wildman–Crippen LogP) is 2.94. The van der Waals surface area contributed by atoms with Crippen LogP contribution in [0.5, 0.6) is 0 Å². The van der Waals surface area contributed by atoms with Crippen molar-refractivity contribution in [1.82, 2.24) is 9.78 Å². The number of nitrogens with two attached hydrogens (primary N) is 1. The van der Waals surface area contributed by atoms with Gasteiger partial charge in [0.1, 0.15) is 6.54 Å². The van der Waals surface area contributed by atoms with Crippen LogP contribution < -0.4 is 10.5 Å². The van der Waals surface area contributed by atoms with Crippen molar-refractivity contribution in [3.05, 3.63) is 89.5 Å². The molecular formula is C22H25N4O3S+. The van der Waals surface area contributed by atoms with Crippen LogP contribution in [0.25, 0.3) is 10.8 Å². The number of aromatic nitrogens is 3. The summed E-state index contributed by atoms with van der Waals surface area (Å²) in [5.74, 6) is 7.59. The van der Waals surface area contributed by atoms with Crippen LogP contribution in [0, 0.1) is 20.8 Å². The number of fused-ring (bicyclic) bond motifs is 1. The van der Waals surface area contributed by atoms with E-state index in [2.05, 4.69) is 36.3 Å². The molecule has 0 fully saturated rings. The van der Waals surface area contributed by atoms with Crippen molar-refractivity contribution < 1.29 is 17.6 Å². The molecule has 0 aliphatic carbocycles. The molecule has 1 heterocycles. The van der Waals surface area contributed by atoms with Gasteiger partial charge in [0, 0.05) is 18.9 Å². The normalized spacial score (nSPS) is 11.2. The van der Waals surface area contributed by atoms with Gasteiger partial charge in [-0.05, 0) is 35.4 Å². The van der Waals surface area contributed by atoms with Crippen LogP contribution in [0.3, 0.4) is 0 Å². The van der Waals surface area contributed by atoms with Crippen LogP contribution in [0.1, 0.15) is 22.8 Å². The van der Waals surface area contributed by atoms with Gasteiger partial charge in [0.05, 0.1) is 4.90 Å². The molecule has 4 rings (SSSR count). The molecule has 8 heteroatoms. The van der Waals surface area contributed by atoms with E-state index in [1.165, 1.54) is 23.3 Å². The molecule has 1 aromatic heterocycles. The maximum atomic E-state index is 10.8. The summed E-state index contributed by atoms with van der Waals surface area (Å²) in [5, 5.41) is 6.12. The predicted molar refractivity (Wildman–Crippen MR) is 116 cm³/mol. The topological polar surface area (TPSA) is 102 Å². The molecule has 3 N–H and O–H groups in total. The second kappa shape index (κ2) is 8.64. The van der Waals surface area contributed by atoms with Crippen LogP contribution in [-0.2, 0) is 16.7 Å². The Morgan fingerprint density at radius 2 is 1.60 bits per heavy atom. The van der Waals surface area contributed by atoms with E-state index >= 15 is 0 Å². The monoisotopic (exact) mass is 425 g/mol. The zero-order valence-corrected chi connectivity index (χ0v) is 18.0. The summed E-state index contributed by atoms with van der Waals surface area (Å²) >= 11 is 0. The summed E-state index contributed by atoms with van der Waals surface area (Å²) in [4.78, 5) is -0.0730. The van der Waals surface area contributed by atoms with E-state index < -0.39 is 10.1 Å². The molecule has 0 aliphatic rings.